The molecule has 6 nitrogen and oxygen atoms in total. The first-order valence-electron chi connectivity index (χ1n) is 6.42. The van der Waals surface area contributed by atoms with Crippen molar-refractivity contribution in [1.29, 1.82) is 0 Å². The molecule has 0 saturated carbocycles. The number of carbonyl (C=O) groups is 2. The van der Waals surface area contributed by atoms with Crippen molar-refractivity contribution in [2.45, 2.75) is 25.8 Å². The van der Waals surface area contributed by atoms with E-state index in [9.17, 15) is 9.59 Å². The van der Waals surface area contributed by atoms with Crippen molar-refractivity contribution in [3.63, 3.8) is 0 Å². The number of hydrogen-bond acceptors (Lipinski definition) is 5. The Morgan fingerprint density at radius 1 is 1.28 bits per heavy atom. The molecule has 1 rings (SSSR count). The van der Waals surface area contributed by atoms with Crippen LogP contribution in [0.5, 0.6) is 0 Å². The number of esters is 1. The van der Waals surface area contributed by atoms with E-state index in [-0.39, 0.29) is 17.9 Å². The van der Waals surface area contributed by atoms with Gasteiger partial charge in [0.25, 0.3) is 0 Å². The van der Waals surface area contributed by atoms with Crippen LogP contribution in [0.3, 0.4) is 0 Å². The molecule has 104 valence electrons. The Bertz CT molecular complexity index is 288. The molecule has 1 saturated heterocycles. The summed E-state index contributed by atoms with van der Waals surface area (Å²) in [4.78, 5) is 26.9. The van der Waals surface area contributed by atoms with Crippen molar-refractivity contribution in [2.24, 2.45) is 5.73 Å². The zero-order valence-corrected chi connectivity index (χ0v) is 11.2. The standard InChI is InChI=1S/C12H23N3O3/c1-3-4-10(13)12(17)15-7-5-14(6-8-15)9-11(16)18-2/h10H,3-9,13H2,1-2H3/t10-/m0/s1. The third kappa shape index (κ3) is 4.27. The molecule has 0 aromatic rings. The molecule has 0 aromatic heterocycles. The first-order valence-corrected chi connectivity index (χ1v) is 6.42. The van der Waals surface area contributed by atoms with Gasteiger partial charge in [-0.15, -0.1) is 0 Å². The van der Waals surface area contributed by atoms with Crippen LogP contribution in [-0.2, 0) is 14.3 Å². The smallest absolute Gasteiger partial charge is 0.319 e. The van der Waals surface area contributed by atoms with Crippen LogP contribution < -0.4 is 5.73 Å². The minimum absolute atomic E-state index is 0.0227. The summed E-state index contributed by atoms with van der Waals surface area (Å²) in [7, 11) is 1.38. The average molecular weight is 257 g/mol. The van der Waals surface area contributed by atoms with E-state index in [1.807, 2.05) is 11.8 Å². The van der Waals surface area contributed by atoms with Crippen LogP contribution in [0.4, 0.5) is 0 Å². The minimum Gasteiger partial charge on any atom is -0.468 e. The largest absolute Gasteiger partial charge is 0.468 e. The molecule has 1 aliphatic heterocycles. The SMILES string of the molecule is CCC[C@H](N)C(=O)N1CCN(CC(=O)OC)CC1. The highest BCUT2D eigenvalue weighted by Crippen LogP contribution is 2.06. The topological polar surface area (TPSA) is 75.9 Å². The van der Waals surface area contributed by atoms with Gasteiger partial charge in [0.05, 0.1) is 19.7 Å². The van der Waals surface area contributed by atoms with E-state index >= 15 is 0 Å². The fourth-order valence-corrected chi connectivity index (χ4v) is 2.04. The summed E-state index contributed by atoms with van der Waals surface area (Å²) >= 11 is 0. The lowest BCUT2D eigenvalue weighted by molar-refractivity contribution is -0.142. The van der Waals surface area contributed by atoms with Crippen LogP contribution in [0.1, 0.15) is 19.8 Å². The second-order valence-electron chi connectivity index (χ2n) is 4.57. The second-order valence-corrected chi connectivity index (χ2v) is 4.57. The van der Waals surface area contributed by atoms with Gasteiger partial charge in [0.15, 0.2) is 0 Å². The fraction of sp³-hybridized carbons (Fsp3) is 0.833. The van der Waals surface area contributed by atoms with Crippen molar-refractivity contribution in [3.05, 3.63) is 0 Å². The monoisotopic (exact) mass is 257 g/mol. The van der Waals surface area contributed by atoms with Gasteiger partial charge in [0, 0.05) is 26.2 Å². The van der Waals surface area contributed by atoms with Crippen molar-refractivity contribution in [3.8, 4) is 0 Å². The molecular formula is C12H23N3O3. The van der Waals surface area contributed by atoms with E-state index in [0.29, 0.717) is 32.7 Å². The van der Waals surface area contributed by atoms with Crippen molar-refractivity contribution in [1.82, 2.24) is 9.80 Å². The van der Waals surface area contributed by atoms with Crippen molar-refractivity contribution >= 4 is 11.9 Å². The van der Waals surface area contributed by atoms with Crippen molar-refractivity contribution in [2.75, 3.05) is 39.8 Å². The van der Waals surface area contributed by atoms with Gasteiger partial charge in [-0.3, -0.25) is 14.5 Å². The molecular weight excluding hydrogens is 234 g/mol. The van der Waals surface area contributed by atoms with Crippen LogP contribution in [0, 0.1) is 0 Å². The van der Waals surface area contributed by atoms with E-state index in [2.05, 4.69) is 4.74 Å². The van der Waals surface area contributed by atoms with Crippen molar-refractivity contribution < 1.29 is 14.3 Å². The van der Waals surface area contributed by atoms with E-state index < -0.39 is 0 Å². The predicted octanol–water partition coefficient (Wildman–Crippen LogP) is -0.569. The highest BCUT2D eigenvalue weighted by molar-refractivity contribution is 5.81. The second kappa shape index (κ2) is 7.33. The van der Waals surface area contributed by atoms with E-state index in [4.69, 9.17) is 5.73 Å². The molecule has 1 aliphatic rings. The van der Waals surface area contributed by atoms with E-state index in [1.165, 1.54) is 7.11 Å². The number of methoxy groups -OCH3 is 1. The summed E-state index contributed by atoms with van der Waals surface area (Å²) in [5.41, 5.74) is 5.82. The zero-order chi connectivity index (χ0) is 13.5. The van der Waals surface area contributed by atoms with Gasteiger partial charge >= 0.3 is 5.97 Å². The van der Waals surface area contributed by atoms with E-state index in [1.54, 1.807) is 4.90 Å². The third-order valence-electron chi connectivity index (χ3n) is 3.18. The highest BCUT2D eigenvalue weighted by Gasteiger charge is 2.25. The Labute approximate surface area is 108 Å². The van der Waals surface area contributed by atoms with Gasteiger partial charge in [0.1, 0.15) is 0 Å². The van der Waals surface area contributed by atoms with Crippen LogP contribution in [0.15, 0.2) is 0 Å². The van der Waals surface area contributed by atoms with Gasteiger partial charge < -0.3 is 15.4 Å². The molecule has 2 N–H and O–H groups in total. The third-order valence-corrected chi connectivity index (χ3v) is 3.18. The summed E-state index contributed by atoms with van der Waals surface area (Å²) in [6, 6.07) is -0.387. The molecule has 0 bridgehead atoms. The Morgan fingerprint density at radius 2 is 1.89 bits per heavy atom. The molecule has 0 unspecified atom stereocenters. The molecule has 1 atom stereocenters. The molecule has 1 amide bonds. The number of piperazine rings is 1. The van der Waals surface area contributed by atoms with Gasteiger partial charge in [-0.25, -0.2) is 0 Å². The molecule has 0 spiro atoms. The number of hydrogen-bond donors (Lipinski definition) is 1. The number of amides is 1. The average Bonchev–Trinajstić information content (AvgIpc) is 2.39. The first-order chi connectivity index (χ1) is 8.58. The zero-order valence-electron chi connectivity index (χ0n) is 11.2. The molecule has 1 heterocycles. The molecule has 6 heteroatoms. The number of ether oxygens (including phenoxy) is 1. The van der Waals surface area contributed by atoms with Crippen LogP contribution >= 0.6 is 0 Å². The van der Waals surface area contributed by atoms with Gasteiger partial charge in [-0.2, -0.15) is 0 Å². The quantitative estimate of drug-likeness (QED) is 0.668. The Balaban J connectivity index is 2.34. The minimum atomic E-state index is -0.387. The lowest BCUT2D eigenvalue weighted by Gasteiger charge is -2.35. The van der Waals surface area contributed by atoms with Crippen LogP contribution in [0.25, 0.3) is 0 Å². The molecule has 0 aliphatic carbocycles. The van der Waals surface area contributed by atoms with Gasteiger partial charge in [0.2, 0.25) is 5.91 Å². The number of nitrogens with zero attached hydrogens (tertiary/aromatic N) is 2. The summed E-state index contributed by atoms with van der Waals surface area (Å²) in [5, 5.41) is 0. The lowest BCUT2D eigenvalue weighted by atomic mass is 10.1. The maximum atomic E-state index is 12.0. The van der Waals surface area contributed by atoms with Crippen LogP contribution in [0.2, 0.25) is 0 Å². The van der Waals surface area contributed by atoms with E-state index in [0.717, 1.165) is 12.8 Å². The summed E-state index contributed by atoms with van der Waals surface area (Å²) in [6.07, 6.45) is 1.64. The summed E-state index contributed by atoms with van der Waals surface area (Å²) < 4.78 is 4.62. The van der Waals surface area contributed by atoms with Gasteiger partial charge in [-0.1, -0.05) is 13.3 Å². The number of carbonyl (C=O) groups excluding carboxylic acids is 2. The van der Waals surface area contributed by atoms with Crippen LogP contribution in [-0.4, -0.2) is 67.6 Å². The highest BCUT2D eigenvalue weighted by atomic mass is 16.5. The maximum absolute atomic E-state index is 12.0. The Morgan fingerprint density at radius 3 is 2.39 bits per heavy atom. The molecule has 0 aromatic carbocycles. The number of rotatable bonds is 5. The molecule has 0 radical (unpaired) electrons. The predicted molar refractivity (Wildman–Crippen MR) is 67.9 cm³/mol. The fourth-order valence-electron chi connectivity index (χ4n) is 2.04. The normalized spacial score (nSPS) is 18.5. The number of nitrogens with two attached hydrogens (primary N) is 1. The Kier molecular flexibility index (Phi) is 6.07. The maximum Gasteiger partial charge on any atom is 0.319 e. The Hall–Kier alpha value is -1.14. The molecule has 1 fully saturated rings. The summed E-state index contributed by atoms with van der Waals surface area (Å²) in [5.74, 6) is -0.216. The molecule has 18 heavy (non-hydrogen) atoms. The van der Waals surface area contributed by atoms with Gasteiger partial charge in [-0.05, 0) is 6.42 Å². The lowest BCUT2D eigenvalue weighted by Crippen LogP contribution is -2.53. The summed E-state index contributed by atoms with van der Waals surface area (Å²) in [6.45, 7) is 4.96. The first kappa shape index (κ1) is 14.9.